The highest BCUT2D eigenvalue weighted by Gasteiger charge is 2.27. The molecule has 1 aromatic heterocycles. The molecule has 6 heteroatoms. The van der Waals surface area contributed by atoms with Gasteiger partial charge in [0.05, 0.1) is 17.3 Å². The summed E-state index contributed by atoms with van der Waals surface area (Å²) in [5.74, 6) is 1.43. The van der Waals surface area contributed by atoms with Gasteiger partial charge in [0.15, 0.2) is 6.29 Å². The molecule has 1 heterocycles. The molecule has 0 aliphatic heterocycles. The van der Waals surface area contributed by atoms with Crippen LogP contribution in [0.15, 0.2) is 41.0 Å². The van der Waals surface area contributed by atoms with E-state index in [1.807, 2.05) is 12.1 Å². The number of aldehydes is 1. The highest BCUT2D eigenvalue weighted by Crippen LogP contribution is 2.41. The van der Waals surface area contributed by atoms with Gasteiger partial charge in [0.2, 0.25) is 5.89 Å². The quantitative estimate of drug-likeness (QED) is 0.417. The average molecular weight is 456 g/mol. The molecular formula is C26H30ClNO4. The summed E-state index contributed by atoms with van der Waals surface area (Å²) in [4.78, 5) is 15.5. The lowest BCUT2D eigenvalue weighted by molar-refractivity contribution is 0.112. The topological polar surface area (TPSA) is 72.6 Å². The van der Waals surface area contributed by atoms with Gasteiger partial charge in [-0.15, -0.1) is 0 Å². The lowest BCUT2D eigenvalue weighted by atomic mass is 9.78. The van der Waals surface area contributed by atoms with Gasteiger partial charge in [-0.1, -0.05) is 53.1 Å². The van der Waals surface area contributed by atoms with Crippen LogP contribution in [0.3, 0.4) is 0 Å². The van der Waals surface area contributed by atoms with Crippen molar-refractivity contribution in [2.45, 2.75) is 58.8 Å². The van der Waals surface area contributed by atoms with Gasteiger partial charge < -0.3 is 14.3 Å². The molecule has 2 aromatic carbocycles. The van der Waals surface area contributed by atoms with E-state index in [-0.39, 0.29) is 10.8 Å². The molecule has 0 aliphatic rings. The minimum Gasteiger partial charge on any atom is -0.507 e. The fraction of sp³-hybridized carbons (Fsp3) is 0.385. The zero-order valence-corrected chi connectivity index (χ0v) is 20.2. The zero-order valence-electron chi connectivity index (χ0n) is 19.5. The monoisotopic (exact) mass is 455 g/mol. The Morgan fingerprint density at radius 2 is 1.69 bits per heavy atom. The fourth-order valence-electron chi connectivity index (χ4n) is 3.42. The molecule has 0 saturated carbocycles. The van der Waals surface area contributed by atoms with Gasteiger partial charge in [-0.05, 0) is 41.2 Å². The van der Waals surface area contributed by atoms with Crippen LogP contribution >= 0.6 is 11.6 Å². The van der Waals surface area contributed by atoms with Gasteiger partial charge in [0, 0.05) is 28.7 Å². The van der Waals surface area contributed by atoms with Crippen LogP contribution in [0.5, 0.6) is 11.5 Å². The lowest BCUT2D eigenvalue weighted by Crippen LogP contribution is -2.17. The van der Waals surface area contributed by atoms with Crippen LogP contribution in [0.2, 0.25) is 5.02 Å². The van der Waals surface area contributed by atoms with Gasteiger partial charge in [-0.3, -0.25) is 4.79 Å². The van der Waals surface area contributed by atoms with Crippen molar-refractivity contribution < 1.29 is 19.1 Å². The molecule has 0 radical (unpaired) electrons. The number of carbonyl (C=O) groups is 1. The van der Waals surface area contributed by atoms with E-state index in [1.165, 1.54) is 0 Å². The van der Waals surface area contributed by atoms with Crippen molar-refractivity contribution >= 4 is 17.9 Å². The Morgan fingerprint density at radius 1 is 1.06 bits per heavy atom. The molecule has 0 saturated heterocycles. The number of rotatable bonds is 6. The second-order valence-corrected chi connectivity index (χ2v) is 10.4. The Labute approximate surface area is 194 Å². The molecule has 0 aliphatic carbocycles. The Balaban J connectivity index is 1.80. The SMILES string of the molecule is CC(C)(C)c1cc(-c2nc(CCOc3ccc(C=O)c(Cl)c3)co2)cc(C(C)(C)C)c1O. The number of phenols is 1. The van der Waals surface area contributed by atoms with Crippen LogP contribution in [-0.4, -0.2) is 23.0 Å². The van der Waals surface area contributed by atoms with E-state index in [0.717, 1.165) is 22.4 Å². The summed E-state index contributed by atoms with van der Waals surface area (Å²) in [6.45, 7) is 12.8. The smallest absolute Gasteiger partial charge is 0.226 e. The maximum absolute atomic E-state index is 10.9. The number of oxazole rings is 1. The summed E-state index contributed by atoms with van der Waals surface area (Å²) in [7, 11) is 0. The number of carbonyl (C=O) groups excluding carboxylic acids is 1. The van der Waals surface area contributed by atoms with Crippen LogP contribution in [-0.2, 0) is 17.3 Å². The standard InChI is InChI=1S/C26H30ClNO4/c1-25(2,3)20-11-17(12-21(23(20)30)26(4,5)6)24-28-18(15-32-24)9-10-31-19-8-7-16(14-29)22(27)13-19/h7-8,11-15,30H,9-10H2,1-6H3. The number of nitrogens with zero attached hydrogens (tertiary/aromatic N) is 1. The number of benzene rings is 2. The highest BCUT2D eigenvalue weighted by molar-refractivity contribution is 6.33. The van der Waals surface area contributed by atoms with E-state index < -0.39 is 0 Å². The Kier molecular flexibility index (Phi) is 6.70. The van der Waals surface area contributed by atoms with Crippen molar-refractivity contribution in [1.82, 2.24) is 4.98 Å². The molecule has 3 rings (SSSR count). The minimum atomic E-state index is -0.232. The molecule has 0 amide bonds. The number of hydrogen-bond acceptors (Lipinski definition) is 5. The number of aromatic hydroxyl groups is 1. The molecule has 0 bridgehead atoms. The minimum absolute atomic E-state index is 0.232. The van der Waals surface area contributed by atoms with E-state index >= 15 is 0 Å². The Hall–Kier alpha value is -2.79. The number of aromatic nitrogens is 1. The number of halogens is 1. The van der Waals surface area contributed by atoms with E-state index in [9.17, 15) is 9.90 Å². The molecule has 1 N–H and O–H groups in total. The molecule has 0 unspecified atom stereocenters. The number of hydrogen-bond donors (Lipinski definition) is 1. The number of ether oxygens (including phenoxy) is 1. The zero-order chi connectivity index (χ0) is 23.7. The third-order valence-corrected chi connectivity index (χ3v) is 5.58. The van der Waals surface area contributed by atoms with Crippen LogP contribution < -0.4 is 4.74 Å². The van der Waals surface area contributed by atoms with E-state index in [2.05, 4.69) is 46.5 Å². The first-order valence-electron chi connectivity index (χ1n) is 10.6. The van der Waals surface area contributed by atoms with Crippen molar-refractivity contribution in [3.05, 3.63) is 64.0 Å². The van der Waals surface area contributed by atoms with Gasteiger partial charge in [-0.2, -0.15) is 0 Å². The Morgan fingerprint density at radius 3 is 2.22 bits per heavy atom. The predicted octanol–water partition coefficient (Wildman–Crippen LogP) is 6.73. The summed E-state index contributed by atoms with van der Waals surface area (Å²) < 4.78 is 11.5. The molecule has 32 heavy (non-hydrogen) atoms. The summed E-state index contributed by atoms with van der Waals surface area (Å²) in [6, 6.07) is 8.87. The van der Waals surface area contributed by atoms with Gasteiger partial charge >= 0.3 is 0 Å². The summed E-state index contributed by atoms with van der Waals surface area (Å²) >= 11 is 6.04. The normalized spacial score (nSPS) is 12.1. The first-order valence-corrected chi connectivity index (χ1v) is 11.0. The summed E-state index contributed by atoms with van der Waals surface area (Å²) in [5.41, 5.74) is 3.28. The maximum atomic E-state index is 10.9. The lowest BCUT2D eigenvalue weighted by Gasteiger charge is -2.27. The first-order chi connectivity index (χ1) is 14.9. The van der Waals surface area contributed by atoms with Gasteiger partial charge in [-0.25, -0.2) is 4.98 Å². The van der Waals surface area contributed by atoms with E-state index in [4.69, 9.17) is 20.8 Å². The third kappa shape index (κ3) is 5.33. The molecule has 5 nitrogen and oxygen atoms in total. The van der Waals surface area contributed by atoms with Gasteiger partial charge in [0.1, 0.15) is 17.8 Å². The molecule has 0 atom stereocenters. The van der Waals surface area contributed by atoms with Crippen LogP contribution in [0.1, 0.15) is 68.7 Å². The largest absolute Gasteiger partial charge is 0.507 e. The second-order valence-electron chi connectivity index (χ2n) is 9.96. The molecule has 170 valence electrons. The van der Waals surface area contributed by atoms with Crippen LogP contribution in [0, 0.1) is 0 Å². The summed E-state index contributed by atoms with van der Waals surface area (Å²) in [5, 5.41) is 11.3. The Bertz CT molecular complexity index is 1080. The van der Waals surface area contributed by atoms with Gasteiger partial charge in [0.25, 0.3) is 0 Å². The maximum Gasteiger partial charge on any atom is 0.226 e. The second kappa shape index (κ2) is 8.99. The van der Waals surface area contributed by atoms with E-state index in [1.54, 1.807) is 24.5 Å². The molecule has 0 spiro atoms. The molecule has 3 aromatic rings. The first kappa shape index (κ1) is 23.9. The van der Waals surface area contributed by atoms with Crippen LogP contribution in [0.25, 0.3) is 11.5 Å². The van der Waals surface area contributed by atoms with Crippen molar-refractivity contribution in [1.29, 1.82) is 0 Å². The van der Waals surface area contributed by atoms with Crippen molar-refractivity contribution in [2.24, 2.45) is 0 Å². The molecule has 0 fully saturated rings. The summed E-state index contributed by atoms with van der Waals surface area (Å²) in [6.07, 6.45) is 2.89. The average Bonchev–Trinajstić information content (AvgIpc) is 3.15. The van der Waals surface area contributed by atoms with Crippen molar-refractivity contribution in [3.63, 3.8) is 0 Å². The van der Waals surface area contributed by atoms with Crippen molar-refractivity contribution in [3.8, 4) is 23.0 Å². The van der Waals surface area contributed by atoms with E-state index in [0.29, 0.717) is 47.3 Å². The third-order valence-electron chi connectivity index (χ3n) is 5.25. The van der Waals surface area contributed by atoms with Crippen LogP contribution in [0.4, 0.5) is 0 Å². The molecular weight excluding hydrogens is 426 g/mol. The van der Waals surface area contributed by atoms with Crippen molar-refractivity contribution in [2.75, 3.05) is 6.61 Å². The predicted molar refractivity (Wildman–Crippen MR) is 127 cm³/mol. The number of phenolic OH excluding ortho intramolecular Hbond substituents is 1. The fourth-order valence-corrected chi connectivity index (χ4v) is 3.64. The highest BCUT2D eigenvalue weighted by atomic mass is 35.5.